The first-order valence-electron chi connectivity index (χ1n) is 8.96. The van der Waals surface area contributed by atoms with E-state index >= 15 is 0 Å². The minimum absolute atomic E-state index is 0.0568. The fourth-order valence-corrected chi connectivity index (χ4v) is 4.09. The van der Waals surface area contributed by atoms with Crippen LogP contribution < -0.4 is 5.32 Å². The minimum Gasteiger partial charge on any atom is -0.322 e. The molecule has 3 rings (SSSR count). The third-order valence-electron chi connectivity index (χ3n) is 4.52. The van der Waals surface area contributed by atoms with E-state index in [4.69, 9.17) is 0 Å². The molecule has 0 radical (unpaired) electrons. The number of rotatable bonds is 6. The van der Waals surface area contributed by atoms with E-state index < -0.39 is 26.6 Å². The van der Waals surface area contributed by atoms with E-state index in [0.29, 0.717) is 5.69 Å². The Labute approximate surface area is 169 Å². The molecule has 3 aromatic carbocycles. The molecular formula is C22H21FN2O3S. The van der Waals surface area contributed by atoms with Gasteiger partial charge in [-0.1, -0.05) is 48.5 Å². The van der Waals surface area contributed by atoms with E-state index in [2.05, 4.69) is 5.32 Å². The Hall–Kier alpha value is -3.03. The van der Waals surface area contributed by atoms with Crippen molar-refractivity contribution < 1.29 is 17.6 Å². The number of carbonyl (C=O) groups is 1. The third kappa shape index (κ3) is 4.70. The Balaban J connectivity index is 1.88. The zero-order chi connectivity index (χ0) is 21.0. The number of aryl methyl sites for hydroxylation is 1. The van der Waals surface area contributed by atoms with Crippen molar-refractivity contribution >= 4 is 21.6 Å². The molecule has 7 heteroatoms. The van der Waals surface area contributed by atoms with Crippen molar-refractivity contribution in [1.82, 2.24) is 4.31 Å². The zero-order valence-corrected chi connectivity index (χ0v) is 16.9. The van der Waals surface area contributed by atoms with Crippen LogP contribution in [0.4, 0.5) is 10.1 Å². The zero-order valence-electron chi connectivity index (χ0n) is 16.1. The molecule has 0 heterocycles. The van der Waals surface area contributed by atoms with E-state index in [1.807, 2.05) is 25.1 Å². The highest BCUT2D eigenvalue weighted by molar-refractivity contribution is 7.89. The van der Waals surface area contributed by atoms with Crippen LogP contribution in [0.15, 0.2) is 77.7 Å². The second-order valence-electron chi connectivity index (χ2n) is 6.66. The molecule has 3 aromatic rings. The third-order valence-corrected chi connectivity index (χ3v) is 6.34. The Bertz CT molecular complexity index is 1130. The molecule has 0 spiro atoms. The number of hydrogen-bond acceptors (Lipinski definition) is 3. The molecule has 0 bridgehead atoms. The summed E-state index contributed by atoms with van der Waals surface area (Å²) in [7, 11) is -2.75. The van der Waals surface area contributed by atoms with Gasteiger partial charge >= 0.3 is 0 Å². The Morgan fingerprint density at radius 3 is 2.34 bits per heavy atom. The maximum atomic E-state index is 14.4. The van der Waals surface area contributed by atoms with Gasteiger partial charge in [-0.3, -0.25) is 4.79 Å². The summed E-state index contributed by atoms with van der Waals surface area (Å²) in [6.07, 6.45) is 0. The number of para-hydroxylation sites is 1. The molecule has 0 aliphatic carbocycles. The predicted octanol–water partition coefficient (Wildman–Crippen LogP) is 4.21. The summed E-state index contributed by atoms with van der Waals surface area (Å²) >= 11 is 0. The molecule has 29 heavy (non-hydrogen) atoms. The number of carbonyl (C=O) groups excluding carboxylic acids is 1. The lowest BCUT2D eigenvalue weighted by molar-refractivity contribution is 0.102. The van der Waals surface area contributed by atoms with Gasteiger partial charge in [0.05, 0.1) is 0 Å². The molecule has 1 N–H and O–H groups in total. The maximum Gasteiger partial charge on any atom is 0.255 e. The van der Waals surface area contributed by atoms with Crippen LogP contribution in [-0.4, -0.2) is 25.7 Å². The summed E-state index contributed by atoms with van der Waals surface area (Å²) in [4.78, 5) is 12.0. The van der Waals surface area contributed by atoms with Crippen LogP contribution in [0.25, 0.3) is 0 Å². The van der Waals surface area contributed by atoms with Crippen LogP contribution in [0.1, 0.15) is 21.5 Å². The molecule has 1 amide bonds. The number of amides is 1. The quantitative estimate of drug-likeness (QED) is 0.660. The summed E-state index contributed by atoms with van der Waals surface area (Å²) in [5, 5.41) is 2.72. The number of halogens is 1. The molecule has 0 saturated carbocycles. The van der Waals surface area contributed by atoms with Gasteiger partial charge in [-0.05, 0) is 42.3 Å². The van der Waals surface area contributed by atoms with Crippen LogP contribution in [0, 0.1) is 12.7 Å². The van der Waals surface area contributed by atoms with Gasteiger partial charge in [0.25, 0.3) is 5.91 Å². The summed E-state index contributed by atoms with van der Waals surface area (Å²) in [6.45, 7) is 1.93. The van der Waals surface area contributed by atoms with Gasteiger partial charge < -0.3 is 5.32 Å². The summed E-state index contributed by atoms with van der Waals surface area (Å²) in [5.41, 5.74) is 2.29. The average molecular weight is 412 g/mol. The van der Waals surface area contributed by atoms with Gasteiger partial charge in [-0.15, -0.1) is 0 Å². The van der Waals surface area contributed by atoms with Gasteiger partial charge in [0, 0.05) is 24.8 Å². The van der Waals surface area contributed by atoms with Gasteiger partial charge in [0.15, 0.2) is 0 Å². The first kappa shape index (κ1) is 20.7. The lowest BCUT2D eigenvalue weighted by Gasteiger charge is -2.18. The summed E-state index contributed by atoms with van der Waals surface area (Å²) in [5.74, 6) is -1.42. The van der Waals surface area contributed by atoms with Crippen LogP contribution >= 0.6 is 0 Å². The highest BCUT2D eigenvalue weighted by Gasteiger charge is 2.26. The summed E-state index contributed by atoms with van der Waals surface area (Å²) in [6, 6.07) is 19.5. The second-order valence-corrected chi connectivity index (χ2v) is 8.67. The van der Waals surface area contributed by atoms with Gasteiger partial charge in [0.2, 0.25) is 10.0 Å². The van der Waals surface area contributed by atoms with E-state index in [-0.39, 0.29) is 12.1 Å². The fourth-order valence-electron chi connectivity index (χ4n) is 2.84. The molecule has 0 aromatic heterocycles. The van der Waals surface area contributed by atoms with Crippen LogP contribution in [0.3, 0.4) is 0 Å². The van der Waals surface area contributed by atoms with Crippen molar-refractivity contribution in [3.8, 4) is 0 Å². The number of nitrogens with zero attached hydrogens (tertiary/aromatic N) is 1. The molecule has 0 unspecified atom stereocenters. The number of nitrogens with one attached hydrogen (secondary N) is 1. The van der Waals surface area contributed by atoms with Crippen molar-refractivity contribution in [1.29, 1.82) is 0 Å². The highest BCUT2D eigenvalue weighted by atomic mass is 32.2. The predicted molar refractivity (Wildman–Crippen MR) is 111 cm³/mol. The van der Waals surface area contributed by atoms with Crippen molar-refractivity contribution in [3.05, 3.63) is 95.3 Å². The molecule has 0 saturated heterocycles. The van der Waals surface area contributed by atoms with Crippen LogP contribution in [0.5, 0.6) is 0 Å². The Kier molecular flexibility index (Phi) is 6.10. The standard InChI is InChI=1S/C22H21FN2O3S/c1-16-8-6-7-11-20(16)24-22(26)18-12-13-19(23)21(14-18)29(27,28)25(2)15-17-9-4-3-5-10-17/h3-14H,15H2,1-2H3,(H,24,26). The largest absolute Gasteiger partial charge is 0.322 e. The van der Waals surface area contributed by atoms with Crippen LogP contribution in [-0.2, 0) is 16.6 Å². The Morgan fingerprint density at radius 1 is 1.00 bits per heavy atom. The molecule has 150 valence electrons. The second kappa shape index (κ2) is 8.55. The van der Waals surface area contributed by atoms with Gasteiger partial charge in [0.1, 0.15) is 10.7 Å². The molecule has 0 atom stereocenters. The molecule has 0 aliphatic rings. The van der Waals surface area contributed by atoms with Crippen molar-refractivity contribution in [2.75, 3.05) is 12.4 Å². The lowest BCUT2D eigenvalue weighted by Crippen LogP contribution is -2.27. The Morgan fingerprint density at radius 2 is 1.66 bits per heavy atom. The van der Waals surface area contributed by atoms with E-state index in [1.54, 1.807) is 36.4 Å². The fraction of sp³-hybridized carbons (Fsp3) is 0.136. The molecule has 5 nitrogen and oxygen atoms in total. The molecule has 0 aliphatic heterocycles. The molecule has 0 fully saturated rings. The van der Waals surface area contributed by atoms with E-state index in [0.717, 1.165) is 27.6 Å². The number of sulfonamides is 1. The minimum atomic E-state index is -4.13. The first-order chi connectivity index (χ1) is 13.8. The van der Waals surface area contributed by atoms with Crippen LogP contribution in [0.2, 0.25) is 0 Å². The van der Waals surface area contributed by atoms with Gasteiger partial charge in [-0.2, -0.15) is 4.31 Å². The van der Waals surface area contributed by atoms with E-state index in [1.165, 1.54) is 13.1 Å². The normalized spacial score (nSPS) is 11.4. The number of anilines is 1. The van der Waals surface area contributed by atoms with Crippen molar-refractivity contribution in [2.45, 2.75) is 18.4 Å². The van der Waals surface area contributed by atoms with Crippen molar-refractivity contribution in [2.24, 2.45) is 0 Å². The van der Waals surface area contributed by atoms with Gasteiger partial charge in [-0.25, -0.2) is 12.8 Å². The molecular weight excluding hydrogens is 391 g/mol. The van der Waals surface area contributed by atoms with Crippen molar-refractivity contribution in [3.63, 3.8) is 0 Å². The first-order valence-corrected chi connectivity index (χ1v) is 10.4. The topological polar surface area (TPSA) is 66.5 Å². The SMILES string of the molecule is Cc1ccccc1NC(=O)c1ccc(F)c(S(=O)(=O)N(C)Cc2ccccc2)c1. The average Bonchev–Trinajstić information content (AvgIpc) is 2.70. The monoisotopic (exact) mass is 412 g/mol. The maximum absolute atomic E-state index is 14.4. The number of hydrogen-bond donors (Lipinski definition) is 1. The van der Waals surface area contributed by atoms with E-state index in [9.17, 15) is 17.6 Å². The summed E-state index contributed by atoms with van der Waals surface area (Å²) < 4.78 is 41.2. The highest BCUT2D eigenvalue weighted by Crippen LogP contribution is 2.23. The lowest BCUT2D eigenvalue weighted by atomic mass is 10.1. The number of benzene rings is 3. The smallest absolute Gasteiger partial charge is 0.255 e.